The summed E-state index contributed by atoms with van der Waals surface area (Å²) in [6.07, 6.45) is 0. The van der Waals surface area contributed by atoms with Crippen molar-refractivity contribution in [2.24, 2.45) is 5.73 Å². The molecule has 0 aliphatic heterocycles. The van der Waals surface area contributed by atoms with Gasteiger partial charge in [-0.1, -0.05) is 15.9 Å². The van der Waals surface area contributed by atoms with E-state index in [4.69, 9.17) is 10.5 Å². The average molecular weight is 244 g/mol. The van der Waals surface area contributed by atoms with Crippen LogP contribution in [0.15, 0.2) is 16.6 Å². The van der Waals surface area contributed by atoms with Crippen LogP contribution in [0, 0.1) is 6.92 Å². The van der Waals surface area contributed by atoms with E-state index in [1.807, 2.05) is 0 Å². The second-order valence-corrected chi connectivity index (χ2v) is 3.56. The predicted molar refractivity (Wildman–Crippen MR) is 53.9 cm³/mol. The Morgan fingerprint density at radius 2 is 2.15 bits per heavy atom. The van der Waals surface area contributed by atoms with E-state index < -0.39 is 5.91 Å². The zero-order valence-corrected chi connectivity index (χ0v) is 9.01. The lowest BCUT2D eigenvalue weighted by molar-refractivity contribution is 0.0999. The van der Waals surface area contributed by atoms with Crippen LogP contribution in [0.3, 0.4) is 0 Å². The molecule has 0 unspecified atom stereocenters. The van der Waals surface area contributed by atoms with Gasteiger partial charge in [0.1, 0.15) is 5.75 Å². The van der Waals surface area contributed by atoms with Gasteiger partial charge in [-0.3, -0.25) is 4.79 Å². The van der Waals surface area contributed by atoms with Crippen molar-refractivity contribution in [1.82, 2.24) is 0 Å². The number of ether oxygens (including phenoxy) is 1. The first-order valence-corrected chi connectivity index (χ1v) is 4.49. The number of hydrogen-bond donors (Lipinski definition) is 1. The Morgan fingerprint density at radius 1 is 1.54 bits per heavy atom. The number of rotatable bonds is 2. The van der Waals surface area contributed by atoms with Crippen molar-refractivity contribution < 1.29 is 9.53 Å². The Bertz CT molecular complexity index is 350. The lowest BCUT2D eigenvalue weighted by Gasteiger charge is -2.08. The molecule has 2 N–H and O–H groups in total. The fourth-order valence-electron chi connectivity index (χ4n) is 1.12. The van der Waals surface area contributed by atoms with Gasteiger partial charge in [0.15, 0.2) is 0 Å². The molecule has 1 aromatic carbocycles. The number of carbonyl (C=O) groups is 1. The van der Waals surface area contributed by atoms with Gasteiger partial charge in [0.05, 0.1) is 7.11 Å². The zero-order chi connectivity index (χ0) is 10.0. The van der Waals surface area contributed by atoms with Gasteiger partial charge in [-0.15, -0.1) is 0 Å². The number of nitrogens with two attached hydrogens (primary N) is 1. The van der Waals surface area contributed by atoms with Crippen molar-refractivity contribution in [3.05, 3.63) is 27.7 Å². The fourth-order valence-corrected chi connectivity index (χ4v) is 1.56. The quantitative estimate of drug-likeness (QED) is 0.863. The Balaban J connectivity index is 3.35. The van der Waals surface area contributed by atoms with Crippen molar-refractivity contribution in [3.63, 3.8) is 0 Å². The van der Waals surface area contributed by atoms with E-state index in [-0.39, 0.29) is 0 Å². The third kappa shape index (κ3) is 2.01. The summed E-state index contributed by atoms with van der Waals surface area (Å²) in [4.78, 5) is 11.0. The summed E-state index contributed by atoms with van der Waals surface area (Å²) in [5.74, 6) is 0.209. The Hall–Kier alpha value is -1.03. The highest BCUT2D eigenvalue weighted by molar-refractivity contribution is 9.10. The van der Waals surface area contributed by atoms with Crippen LogP contribution in [-0.4, -0.2) is 13.0 Å². The molecule has 0 atom stereocenters. The van der Waals surface area contributed by atoms with Crippen LogP contribution in [0.2, 0.25) is 0 Å². The van der Waals surface area contributed by atoms with Crippen LogP contribution in [0.5, 0.6) is 5.75 Å². The van der Waals surface area contributed by atoms with Crippen LogP contribution in [0.4, 0.5) is 0 Å². The first-order chi connectivity index (χ1) is 6.06. The molecular formula is C9H10BrNO2. The van der Waals surface area contributed by atoms with Gasteiger partial charge in [0.25, 0.3) is 0 Å². The molecule has 0 aliphatic carbocycles. The van der Waals surface area contributed by atoms with Crippen LogP contribution in [0.25, 0.3) is 0 Å². The van der Waals surface area contributed by atoms with Crippen LogP contribution in [0.1, 0.15) is 15.9 Å². The third-order valence-corrected chi connectivity index (χ3v) is 2.27. The number of primary amides is 1. The fraction of sp³-hybridized carbons (Fsp3) is 0.222. The van der Waals surface area contributed by atoms with Crippen molar-refractivity contribution in [3.8, 4) is 5.75 Å². The van der Waals surface area contributed by atoms with Crippen molar-refractivity contribution in [1.29, 1.82) is 0 Å². The second kappa shape index (κ2) is 3.79. The number of hydrogen-bond acceptors (Lipinski definition) is 2. The summed E-state index contributed by atoms with van der Waals surface area (Å²) >= 11 is 3.27. The van der Waals surface area contributed by atoms with Gasteiger partial charge < -0.3 is 10.5 Å². The van der Waals surface area contributed by atoms with Gasteiger partial charge >= 0.3 is 0 Å². The van der Waals surface area contributed by atoms with E-state index in [0.29, 0.717) is 11.3 Å². The molecule has 3 nitrogen and oxygen atoms in total. The van der Waals surface area contributed by atoms with Crippen LogP contribution < -0.4 is 10.5 Å². The van der Waals surface area contributed by atoms with E-state index in [2.05, 4.69) is 15.9 Å². The molecule has 0 bridgehead atoms. The number of benzene rings is 1. The topological polar surface area (TPSA) is 52.3 Å². The van der Waals surface area contributed by atoms with Gasteiger partial charge in [0, 0.05) is 15.6 Å². The molecule has 1 rings (SSSR count). The van der Waals surface area contributed by atoms with Crippen molar-refractivity contribution >= 4 is 21.8 Å². The number of halogens is 1. The second-order valence-electron chi connectivity index (χ2n) is 2.64. The van der Waals surface area contributed by atoms with Gasteiger partial charge in [-0.2, -0.15) is 0 Å². The molecule has 0 heterocycles. The normalized spacial score (nSPS) is 9.77. The summed E-state index contributed by atoms with van der Waals surface area (Å²) < 4.78 is 5.86. The molecule has 13 heavy (non-hydrogen) atoms. The summed E-state index contributed by atoms with van der Waals surface area (Å²) in [6, 6.07) is 3.47. The Kier molecular flexibility index (Phi) is 2.93. The third-order valence-electron chi connectivity index (χ3n) is 1.81. The standard InChI is InChI=1S/C9H10BrNO2/c1-5-7(9(11)12)3-6(10)4-8(5)13-2/h3-4H,1-2H3,(H2,11,12). The molecule has 0 spiro atoms. The van der Waals surface area contributed by atoms with E-state index >= 15 is 0 Å². The SMILES string of the molecule is COc1cc(Br)cc(C(N)=O)c1C. The lowest BCUT2D eigenvalue weighted by atomic mass is 10.1. The Labute approximate surface area is 85.0 Å². The molecule has 4 heteroatoms. The first-order valence-electron chi connectivity index (χ1n) is 3.70. The summed E-state index contributed by atoms with van der Waals surface area (Å²) in [6.45, 7) is 1.80. The van der Waals surface area contributed by atoms with E-state index in [1.54, 1.807) is 26.2 Å². The number of methoxy groups -OCH3 is 1. The molecule has 0 radical (unpaired) electrons. The molecule has 0 aliphatic rings. The molecular weight excluding hydrogens is 234 g/mol. The minimum Gasteiger partial charge on any atom is -0.496 e. The maximum Gasteiger partial charge on any atom is 0.249 e. The largest absolute Gasteiger partial charge is 0.496 e. The minimum absolute atomic E-state index is 0.447. The molecule has 1 amide bonds. The van der Waals surface area contributed by atoms with Crippen molar-refractivity contribution in [2.45, 2.75) is 6.92 Å². The molecule has 0 saturated carbocycles. The maximum absolute atomic E-state index is 11.0. The first kappa shape index (κ1) is 10.1. The Morgan fingerprint density at radius 3 is 2.62 bits per heavy atom. The highest BCUT2D eigenvalue weighted by Gasteiger charge is 2.10. The lowest BCUT2D eigenvalue weighted by Crippen LogP contribution is -2.13. The smallest absolute Gasteiger partial charge is 0.249 e. The summed E-state index contributed by atoms with van der Waals surface area (Å²) in [7, 11) is 1.56. The molecule has 0 fully saturated rings. The van der Waals surface area contributed by atoms with Crippen LogP contribution >= 0.6 is 15.9 Å². The molecule has 1 aromatic rings. The van der Waals surface area contributed by atoms with E-state index in [0.717, 1.165) is 10.0 Å². The molecule has 70 valence electrons. The summed E-state index contributed by atoms with van der Waals surface area (Å²) in [5, 5.41) is 0. The van der Waals surface area contributed by atoms with Crippen LogP contribution in [-0.2, 0) is 0 Å². The average Bonchev–Trinajstić information content (AvgIpc) is 2.08. The van der Waals surface area contributed by atoms with E-state index in [1.165, 1.54) is 0 Å². The van der Waals surface area contributed by atoms with Gasteiger partial charge in [0.2, 0.25) is 5.91 Å². The van der Waals surface area contributed by atoms with Gasteiger partial charge in [-0.05, 0) is 19.1 Å². The van der Waals surface area contributed by atoms with Crippen molar-refractivity contribution in [2.75, 3.05) is 7.11 Å². The minimum atomic E-state index is -0.447. The number of amides is 1. The predicted octanol–water partition coefficient (Wildman–Crippen LogP) is 1.87. The number of carbonyl (C=O) groups excluding carboxylic acids is 1. The summed E-state index contributed by atoms with van der Waals surface area (Å²) in [5.41, 5.74) is 6.43. The maximum atomic E-state index is 11.0. The van der Waals surface area contributed by atoms with E-state index in [9.17, 15) is 4.79 Å². The molecule has 0 saturated heterocycles. The zero-order valence-electron chi connectivity index (χ0n) is 7.43. The highest BCUT2D eigenvalue weighted by Crippen LogP contribution is 2.26. The highest BCUT2D eigenvalue weighted by atomic mass is 79.9. The monoisotopic (exact) mass is 243 g/mol. The van der Waals surface area contributed by atoms with Gasteiger partial charge in [-0.25, -0.2) is 0 Å². The molecule has 0 aromatic heterocycles.